The summed E-state index contributed by atoms with van der Waals surface area (Å²) >= 11 is 0. The van der Waals surface area contributed by atoms with E-state index in [9.17, 15) is 4.79 Å². The Morgan fingerprint density at radius 1 is 1.00 bits per heavy atom. The summed E-state index contributed by atoms with van der Waals surface area (Å²) in [4.78, 5) is 12.5. The second kappa shape index (κ2) is 7.47. The molecule has 3 rings (SSSR count). The number of benzene rings is 2. The lowest BCUT2D eigenvalue weighted by Crippen LogP contribution is -2.46. The maximum atomic E-state index is 12.5. The highest BCUT2D eigenvalue weighted by molar-refractivity contribution is 5.75. The quantitative estimate of drug-likeness (QED) is 0.765. The van der Waals surface area contributed by atoms with Crippen LogP contribution < -0.4 is 5.32 Å². The van der Waals surface area contributed by atoms with Crippen molar-refractivity contribution in [2.24, 2.45) is 5.92 Å². The van der Waals surface area contributed by atoms with Crippen molar-refractivity contribution in [2.75, 3.05) is 6.61 Å². The van der Waals surface area contributed by atoms with E-state index in [4.69, 9.17) is 4.74 Å². The van der Waals surface area contributed by atoms with Crippen LogP contribution in [-0.4, -0.2) is 23.7 Å². The molecule has 3 heteroatoms. The highest BCUT2D eigenvalue weighted by Gasteiger charge is 2.48. The van der Waals surface area contributed by atoms with Gasteiger partial charge in [-0.25, -0.2) is 0 Å². The predicted molar refractivity (Wildman–Crippen MR) is 111 cm³/mol. The van der Waals surface area contributed by atoms with Gasteiger partial charge in [0.15, 0.2) is 0 Å². The molecule has 3 nitrogen and oxygen atoms in total. The van der Waals surface area contributed by atoms with Crippen molar-refractivity contribution in [3.05, 3.63) is 59.7 Å². The van der Waals surface area contributed by atoms with Crippen molar-refractivity contribution < 1.29 is 9.53 Å². The minimum atomic E-state index is -0.226. The molecular weight excluding hydrogens is 334 g/mol. The lowest BCUT2D eigenvalue weighted by atomic mass is 9.87. The Bertz CT molecular complexity index is 788. The first-order chi connectivity index (χ1) is 12.7. The second-order valence-corrected chi connectivity index (χ2v) is 8.97. The number of carbonyl (C=O) groups excluding carboxylic acids is 1. The number of ether oxygens (including phenoxy) is 1. The maximum absolute atomic E-state index is 12.5. The summed E-state index contributed by atoms with van der Waals surface area (Å²) in [6.07, 6.45) is 1.55. The van der Waals surface area contributed by atoms with Crippen molar-refractivity contribution in [1.29, 1.82) is 0 Å². The van der Waals surface area contributed by atoms with E-state index in [-0.39, 0.29) is 23.0 Å². The summed E-state index contributed by atoms with van der Waals surface area (Å²) in [6.45, 7) is 11.0. The summed E-state index contributed by atoms with van der Waals surface area (Å²) in [6, 6.07) is 17.0. The fourth-order valence-corrected chi connectivity index (χ4v) is 4.13. The molecule has 0 radical (unpaired) electrons. The number of aryl methyl sites for hydroxylation is 1. The fourth-order valence-electron chi connectivity index (χ4n) is 4.13. The van der Waals surface area contributed by atoms with Gasteiger partial charge < -0.3 is 10.1 Å². The van der Waals surface area contributed by atoms with Crippen LogP contribution in [0.4, 0.5) is 0 Å². The van der Waals surface area contributed by atoms with Crippen molar-refractivity contribution in [3.8, 4) is 11.1 Å². The molecule has 1 fully saturated rings. The van der Waals surface area contributed by atoms with E-state index in [0.717, 1.165) is 12.8 Å². The minimum absolute atomic E-state index is 0.0288. The predicted octanol–water partition coefficient (Wildman–Crippen LogP) is 4.91. The van der Waals surface area contributed by atoms with Gasteiger partial charge in [-0.3, -0.25) is 4.79 Å². The molecule has 2 aromatic carbocycles. The zero-order valence-electron chi connectivity index (χ0n) is 17.1. The molecular formula is C24H31NO2. The number of carbonyl (C=O) groups is 1. The first-order valence-corrected chi connectivity index (χ1v) is 9.78. The first-order valence-electron chi connectivity index (χ1n) is 9.78. The number of hydrogen-bond acceptors (Lipinski definition) is 3. The van der Waals surface area contributed by atoms with Gasteiger partial charge in [0, 0.05) is 17.5 Å². The lowest BCUT2D eigenvalue weighted by Gasteiger charge is -2.27. The van der Waals surface area contributed by atoms with E-state index < -0.39 is 0 Å². The lowest BCUT2D eigenvalue weighted by molar-refractivity contribution is -0.150. The maximum Gasteiger partial charge on any atom is 0.310 e. The van der Waals surface area contributed by atoms with E-state index in [1.165, 1.54) is 22.3 Å². The Labute approximate surface area is 163 Å². The molecule has 2 aromatic rings. The van der Waals surface area contributed by atoms with Crippen LogP contribution in [0.15, 0.2) is 48.5 Å². The topological polar surface area (TPSA) is 38.3 Å². The Kier molecular flexibility index (Phi) is 5.43. The van der Waals surface area contributed by atoms with Gasteiger partial charge in [-0.2, -0.15) is 0 Å². The third kappa shape index (κ3) is 4.78. The Morgan fingerprint density at radius 3 is 2.07 bits per heavy atom. The van der Waals surface area contributed by atoms with Crippen molar-refractivity contribution in [3.63, 3.8) is 0 Å². The molecule has 0 amide bonds. The minimum Gasteiger partial charge on any atom is -0.465 e. The average molecular weight is 366 g/mol. The van der Waals surface area contributed by atoms with Gasteiger partial charge in [0.2, 0.25) is 0 Å². The summed E-state index contributed by atoms with van der Waals surface area (Å²) in [7, 11) is 0. The van der Waals surface area contributed by atoms with E-state index in [0.29, 0.717) is 6.61 Å². The molecule has 1 saturated heterocycles. The van der Waals surface area contributed by atoms with Crippen LogP contribution in [0, 0.1) is 12.8 Å². The molecule has 1 unspecified atom stereocenters. The Morgan fingerprint density at radius 2 is 1.56 bits per heavy atom. The van der Waals surface area contributed by atoms with Crippen LogP contribution in [0.1, 0.15) is 45.2 Å². The molecule has 0 spiro atoms. The van der Waals surface area contributed by atoms with E-state index in [1.54, 1.807) is 0 Å². The molecule has 0 bridgehead atoms. The smallest absolute Gasteiger partial charge is 0.310 e. The summed E-state index contributed by atoms with van der Waals surface area (Å²) in [5, 5.41) is 3.53. The normalized spacial score (nSPS) is 20.4. The van der Waals surface area contributed by atoms with Gasteiger partial charge >= 0.3 is 5.97 Å². The van der Waals surface area contributed by atoms with E-state index in [1.807, 2.05) is 0 Å². The molecule has 27 heavy (non-hydrogen) atoms. The van der Waals surface area contributed by atoms with Crippen LogP contribution in [0.3, 0.4) is 0 Å². The highest BCUT2D eigenvalue weighted by Crippen LogP contribution is 2.36. The molecule has 1 heterocycles. The summed E-state index contributed by atoms with van der Waals surface area (Å²) in [5.41, 5.74) is 4.62. The SMILES string of the molecule is Cc1ccc(-c2ccc(CCOC(=O)C3CC(C)(C)NC3(C)C)cc2)cc1. The molecule has 1 N–H and O–H groups in total. The molecule has 1 aliphatic rings. The van der Waals surface area contributed by atoms with Crippen molar-refractivity contribution in [1.82, 2.24) is 5.32 Å². The first kappa shape index (κ1) is 19.6. The second-order valence-electron chi connectivity index (χ2n) is 8.97. The molecule has 0 aliphatic carbocycles. The van der Waals surface area contributed by atoms with Gasteiger partial charge in [-0.05, 0) is 57.7 Å². The fraction of sp³-hybridized carbons (Fsp3) is 0.458. The zero-order chi connectivity index (χ0) is 19.7. The zero-order valence-corrected chi connectivity index (χ0v) is 17.1. The summed E-state index contributed by atoms with van der Waals surface area (Å²) in [5.74, 6) is -0.189. The molecule has 144 valence electrons. The van der Waals surface area contributed by atoms with E-state index in [2.05, 4.69) is 88.5 Å². The van der Waals surface area contributed by atoms with Gasteiger partial charge in [0.25, 0.3) is 0 Å². The number of rotatable bonds is 5. The largest absolute Gasteiger partial charge is 0.465 e. The molecule has 1 aliphatic heterocycles. The van der Waals surface area contributed by atoms with Gasteiger partial charge in [0.05, 0.1) is 12.5 Å². The summed E-state index contributed by atoms with van der Waals surface area (Å²) < 4.78 is 5.61. The van der Waals surface area contributed by atoms with Gasteiger partial charge in [-0.15, -0.1) is 0 Å². The number of hydrogen-bond donors (Lipinski definition) is 1. The number of nitrogens with one attached hydrogen (secondary N) is 1. The molecule has 0 aromatic heterocycles. The number of esters is 1. The van der Waals surface area contributed by atoms with Crippen LogP contribution in [0.5, 0.6) is 0 Å². The van der Waals surface area contributed by atoms with Crippen molar-refractivity contribution in [2.45, 2.75) is 58.5 Å². The Hall–Kier alpha value is -2.13. The highest BCUT2D eigenvalue weighted by atomic mass is 16.5. The monoisotopic (exact) mass is 365 g/mol. The molecule has 0 saturated carbocycles. The average Bonchev–Trinajstić information content (AvgIpc) is 2.83. The van der Waals surface area contributed by atoms with E-state index >= 15 is 0 Å². The van der Waals surface area contributed by atoms with Gasteiger partial charge in [-0.1, -0.05) is 54.1 Å². The van der Waals surface area contributed by atoms with Crippen LogP contribution in [-0.2, 0) is 16.0 Å². The van der Waals surface area contributed by atoms with Crippen LogP contribution in [0.25, 0.3) is 11.1 Å². The van der Waals surface area contributed by atoms with Crippen LogP contribution >= 0.6 is 0 Å². The standard InChI is InChI=1S/C24H31NO2/c1-17-6-10-19(11-7-17)20-12-8-18(9-13-20)14-15-27-22(26)21-16-23(2,3)25-24(21,4)5/h6-13,21,25H,14-16H2,1-5H3. The van der Waals surface area contributed by atoms with Crippen molar-refractivity contribution >= 4 is 5.97 Å². The third-order valence-electron chi connectivity index (χ3n) is 5.50. The van der Waals surface area contributed by atoms with Gasteiger partial charge in [0.1, 0.15) is 0 Å². The van der Waals surface area contributed by atoms with Crippen LogP contribution in [0.2, 0.25) is 0 Å². The molecule has 1 atom stereocenters. The third-order valence-corrected chi connectivity index (χ3v) is 5.50. The Balaban J connectivity index is 1.53.